The number of aromatic nitrogens is 1. The van der Waals surface area contributed by atoms with Crippen molar-refractivity contribution in [2.24, 2.45) is 5.10 Å². The second kappa shape index (κ2) is 11.5. The summed E-state index contributed by atoms with van der Waals surface area (Å²) < 4.78 is 38.1. The molecule has 0 bridgehead atoms. The van der Waals surface area contributed by atoms with Gasteiger partial charge in [-0.15, -0.1) is 11.3 Å². The Hall–Kier alpha value is -3.41. The van der Waals surface area contributed by atoms with Crippen molar-refractivity contribution in [1.82, 2.24) is 10.4 Å². The van der Waals surface area contributed by atoms with E-state index in [2.05, 4.69) is 15.5 Å². The van der Waals surface area contributed by atoms with Crippen LogP contribution in [0.3, 0.4) is 0 Å². The van der Waals surface area contributed by atoms with Gasteiger partial charge >= 0.3 is 10.1 Å². The number of hydrazone groups is 1. The fraction of sp³-hybridized carbons (Fsp3) is 0.160. The van der Waals surface area contributed by atoms with Crippen LogP contribution in [0, 0.1) is 6.92 Å². The lowest BCUT2D eigenvalue weighted by Crippen LogP contribution is -2.19. The summed E-state index contributed by atoms with van der Waals surface area (Å²) in [6, 6.07) is 18.9. The summed E-state index contributed by atoms with van der Waals surface area (Å²) in [6.07, 6.45) is 1.45. The number of para-hydroxylation sites is 1. The maximum atomic E-state index is 12.7. The molecule has 0 aliphatic heterocycles. The van der Waals surface area contributed by atoms with E-state index in [1.165, 1.54) is 47.5 Å². The second-order valence-electron chi connectivity index (χ2n) is 7.52. The summed E-state index contributed by atoms with van der Waals surface area (Å²) in [4.78, 5) is 16.7. The van der Waals surface area contributed by atoms with Gasteiger partial charge in [0.1, 0.15) is 4.90 Å². The number of fused-ring (bicyclic) bond motifs is 1. The number of ether oxygens (including phenoxy) is 1. The molecule has 0 radical (unpaired) electrons. The van der Waals surface area contributed by atoms with Crippen LogP contribution in [-0.2, 0) is 14.9 Å². The molecule has 0 aliphatic carbocycles. The minimum Gasteiger partial charge on any atom is -0.490 e. The van der Waals surface area contributed by atoms with Gasteiger partial charge in [0.05, 0.1) is 28.8 Å². The highest BCUT2D eigenvalue weighted by Gasteiger charge is 2.19. The Balaban J connectivity index is 1.37. The molecule has 0 aliphatic rings. The largest absolute Gasteiger partial charge is 0.490 e. The fourth-order valence-electron chi connectivity index (χ4n) is 3.06. The van der Waals surface area contributed by atoms with Crippen LogP contribution >= 0.6 is 23.1 Å². The first-order valence-corrected chi connectivity index (χ1v) is 14.1. The van der Waals surface area contributed by atoms with Gasteiger partial charge in [0.25, 0.3) is 5.91 Å². The smallest absolute Gasteiger partial charge is 0.339 e. The Morgan fingerprint density at radius 1 is 1.11 bits per heavy atom. The number of hydrogen-bond donors (Lipinski definition) is 1. The zero-order valence-corrected chi connectivity index (χ0v) is 22.0. The molecule has 8 nitrogen and oxygen atoms in total. The van der Waals surface area contributed by atoms with E-state index in [-0.39, 0.29) is 28.1 Å². The van der Waals surface area contributed by atoms with Gasteiger partial charge in [-0.1, -0.05) is 41.6 Å². The first kappa shape index (κ1) is 25.7. The molecule has 3 aromatic carbocycles. The number of benzene rings is 3. The fourth-order valence-corrected chi connectivity index (χ4v) is 5.87. The van der Waals surface area contributed by atoms with Crippen molar-refractivity contribution < 1.29 is 22.1 Å². The van der Waals surface area contributed by atoms with E-state index in [0.717, 1.165) is 20.1 Å². The number of hydrogen-bond acceptors (Lipinski definition) is 9. The highest BCUT2D eigenvalue weighted by molar-refractivity contribution is 8.01. The van der Waals surface area contributed by atoms with Gasteiger partial charge in [-0.25, -0.2) is 10.4 Å². The molecule has 4 rings (SSSR count). The highest BCUT2D eigenvalue weighted by Crippen LogP contribution is 2.31. The van der Waals surface area contributed by atoms with Gasteiger partial charge in [-0.05, 0) is 61.9 Å². The van der Waals surface area contributed by atoms with Crippen LogP contribution in [0.15, 0.2) is 81.1 Å². The molecule has 0 spiro atoms. The average molecular weight is 542 g/mol. The number of amides is 1. The molecule has 1 N–H and O–H groups in total. The molecule has 1 amide bonds. The van der Waals surface area contributed by atoms with Crippen LogP contribution in [0.4, 0.5) is 0 Å². The monoisotopic (exact) mass is 541 g/mol. The number of nitrogens with zero attached hydrogens (tertiary/aromatic N) is 2. The number of nitrogens with one attached hydrogen (secondary N) is 1. The first-order chi connectivity index (χ1) is 17.3. The molecule has 186 valence electrons. The molecule has 11 heteroatoms. The van der Waals surface area contributed by atoms with Gasteiger partial charge in [-0.2, -0.15) is 13.5 Å². The Labute approximate surface area is 217 Å². The van der Waals surface area contributed by atoms with E-state index in [1.807, 2.05) is 31.2 Å². The summed E-state index contributed by atoms with van der Waals surface area (Å²) >= 11 is 2.88. The van der Waals surface area contributed by atoms with Crippen LogP contribution in [0.5, 0.6) is 11.5 Å². The van der Waals surface area contributed by atoms with E-state index < -0.39 is 10.1 Å². The summed E-state index contributed by atoms with van der Waals surface area (Å²) in [5, 5.41) is 3.99. The predicted molar refractivity (Wildman–Crippen MR) is 143 cm³/mol. The van der Waals surface area contributed by atoms with Crippen molar-refractivity contribution in [2.45, 2.75) is 23.1 Å². The van der Waals surface area contributed by atoms with Gasteiger partial charge < -0.3 is 8.92 Å². The van der Waals surface area contributed by atoms with Gasteiger partial charge in [0.15, 0.2) is 15.8 Å². The number of thioether (sulfide) groups is 1. The maximum absolute atomic E-state index is 12.7. The number of rotatable bonds is 10. The Morgan fingerprint density at radius 2 is 1.89 bits per heavy atom. The van der Waals surface area contributed by atoms with Crippen molar-refractivity contribution in [3.8, 4) is 11.5 Å². The summed E-state index contributed by atoms with van der Waals surface area (Å²) in [7, 11) is -4.03. The van der Waals surface area contributed by atoms with E-state index in [9.17, 15) is 13.2 Å². The van der Waals surface area contributed by atoms with E-state index >= 15 is 0 Å². The lowest BCUT2D eigenvalue weighted by molar-refractivity contribution is -0.118. The first-order valence-electron chi connectivity index (χ1n) is 10.9. The summed E-state index contributed by atoms with van der Waals surface area (Å²) in [6.45, 7) is 3.96. The van der Waals surface area contributed by atoms with E-state index in [0.29, 0.717) is 12.2 Å². The molecule has 0 unspecified atom stereocenters. The number of thiazole rings is 1. The predicted octanol–water partition coefficient (Wildman–Crippen LogP) is 5.01. The minimum atomic E-state index is -4.03. The summed E-state index contributed by atoms with van der Waals surface area (Å²) in [5.41, 5.74) is 4.93. The quantitative estimate of drug-likeness (QED) is 0.130. The van der Waals surface area contributed by atoms with E-state index in [4.69, 9.17) is 8.92 Å². The van der Waals surface area contributed by atoms with Gasteiger partial charge in [-0.3, -0.25) is 4.79 Å². The number of aryl methyl sites for hydroxylation is 1. The van der Waals surface area contributed by atoms with Crippen molar-refractivity contribution in [1.29, 1.82) is 0 Å². The van der Waals surface area contributed by atoms with Crippen LogP contribution in [0.1, 0.15) is 18.1 Å². The topological polar surface area (TPSA) is 107 Å². The zero-order valence-electron chi connectivity index (χ0n) is 19.5. The third-order valence-corrected chi connectivity index (χ3v) is 8.21. The molecular formula is C25H23N3O5S3. The Bertz CT molecular complexity index is 1470. The van der Waals surface area contributed by atoms with Gasteiger partial charge in [0.2, 0.25) is 0 Å². The molecule has 0 saturated carbocycles. The SMILES string of the molecule is CCOc1cc(/C=N\NC(=O)CSc2nc3ccccc3s2)ccc1OS(=O)(=O)c1ccc(C)cc1. The van der Waals surface area contributed by atoms with Crippen molar-refractivity contribution >= 4 is 55.6 Å². The molecule has 0 saturated heterocycles. The average Bonchev–Trinajstić information content (AvgIpc) is 3.28. The molecular weight excluding hydrogens is 518 g/mol. The second-order valence-corrected chi connectivity index (χ2v) is 11.3. The van der Waals surface area contributed by atoms with Gasteiger partial charge in [0, 0.05) is 0 Å². The van der Waals surface area contributed by atoms with Crippen molar-refractivity contribution in [3.63, 3.8) is 0 Å². The standard InChI is InChI=1S/C25H23N3O5S3/c1-3-32-22-14-18(10-13-21(22)33-36(30,31)19-11-8-17(2)9-12-19)15-26-28-24(29)16-34-25-27-20-6-4-5-7-23(20)35-25/h4-15H,3,16H2,1-2H3,(H,28,29)/b26-15-. The lowest BCUT2D eigenvalue weighted by Gasteiger charge is -2.12. The Morgan fingerprint density at radius 3 is 2.64 bits per heavy atom. The maximum Gasteiger partial charge on any atom is 0.339 e. The van der Waals surface area contributed by atoms with Crippen LogP contribution in [0.2, 0.25) is 0 Å². The van der Waals surface area contributed by atoms with Crippen molar-refractivity contribution in [3.05, 3.63) is 77.9 Å². The number of carbonyl (C=O) groups is 1. The third kappa shape index (κ3) is 6.62. The molecule has 1 aromatic heterocycles. The third-order valence-electron chi connectivity index (χ3n) is 4.78. The van der Waals surface area contributed by atoms with Crippen molar-refractivity contribution in [2.75, 3.05) is 12.4 Å². The zero-order chi connectivity index (χ0) is 25.5. The molecule has 4 aromatic rings. The van der Waals surface area contributed by atoms with Crippen LogP contribution in [0.25, 0.3) is 10.2 Å². The van der Waals surface area contributed by atoms with Crippen LogP contribution in [-0.4, -0.2) is 37.9 Å². The summed E-state index contributed by atoms with van der Waals surface area (Å²) in [5.74, 6) is 0.204. The molecule has 0 fully saturated rings. The normalized spacial score (nSPS) is 11.6. The van der Waals surface area contributed by atoms with Crippen LogP contribution < -0.4 is 14.3 Å². The highest BCUT2D eigenvalue weighted by atomic mass is 32.2. The Kier molecular flexibility index (Phi) is 8.24. The minimum absolute atomic E-state index is 0.0487. The van der Waals surface area contributed by atoms with E-state index in [1.54, 1.807) is 31.2 Å². The molecule has 36 heavy (non-hydrogen) atoms. The lowest BCUT2D eigenvalue weighted by atomic mass is 10.2. The molecule has 1 heterocycles. The molecule has 0 atom stereocenters. The number of carbonyl (C=O) groups excluding carboxylic acids is 1.